The largest absolute Gasteiger partial charge is 0.497 e. The van der Waals surface area contributed by atoms with Crippen molar-refractivity contribution in [2.45, 2.75) is 12.5 Å². The zero-order chi connectivity index (χ0) is 22.1. The lowest BCUT2D eigenvalue weighted by Gasteiger charge is -2.21. The van der Waals surface area contributed by atoms with Crippen molar-refractivity contribution in [1.29, 1.82) is 0 Å². The molecule has 5 rings (SSSR count). The van der Waals surface area contributed by atoms with Crippen LogP contribution in [0.2, 0.25) is 0 Å². The van der Waals surface area contributed by atoms with Gasteiger partial charge in [-0.3, -0.25) is 0 Å². The first-order valence-electron chi connectivity index (χ1n) is 10.00. The van der Waals surface area contributed by atoms with Gasteiger partial charge in [-0.2, -0.15) is 5.10 Å². The van der Waals surface area contributed by atoms with Crippen LogP contribution in [0.1, 0.15) is 22.9 Å². The Morgan fingerprint density at radius 3 is 2.59 bits per heavy atom. The number of thiazole rings is 1. The molecule has 0 saturated heterocycles. The first kappa shape index (κ1) is 20.7. The fourth-order valence-electron chi connectivity index (χ4n) is 3.73. The summed E-state index contributed by atoms with van der Waals surface area (Å²) in [4.78, 5) is 6.02. The number of nitrogens with zero attached hydrogens (tertiary/aromatic N) is 3. The van der Waals surface area contributed by atoms with E-state index in [1.807, 2.05) is 52.2 Å². The molecule has 4 aromatic rings. The summed E-state index contributed by atoms with van der Waals surface area (Å²) in [5.74, 6) is 1.21. The van der Waals surface area contributed by atoms with Gasteiger partial charge < -0.3 is 9.47 Å². The van der Waals surface area contributed by atoms with Gasteiger partial charge in [-0.25, -0.2) is 14.4 Å². The summed E-state index contributed by atoms with van der Waals surface area (Å²) < 4.78 is 24.5. The number of benzene rings is 2. The molecule has 8 heteroatoms. The molecule has 1 aliphatic heterocycles. The van der Waals surface area contributed by atoms with E-state index in [0.717, 1.165) is 50.5 Å². The molecule has 2 aromatic carbocycles. The number of ether oxygens (including phenoxy) is 2. The summed E-state index contributed by atoms with van der Waals surface area (Å²) in [5, 5.41) is 11.7. The number of hydrogen-bond acceptors (Lipinski definition) is 7. The average Bonchev–Trinajstić information content (AvgIpc) is 3.59. The topological polar surface area (TPSA) is 47.0 Å². The molecule has 3 heterocycles. The van der Waals surface area contributed by atoms with Crippen LogP contribution in [-0.4, -0.2) is 24.9 Å². The Bertz CT molecular complexity index is 1250. The Kier molecular flexibility index (Phi) is 5.63. The first-order valence-corrected chi connectivity index (χ1v) is 11.8. The summed E-state index contributed by atoms with van der Waals surface area (Å²) in [6, 6.07) is 16.3. The smallest absolute Gasteiger partial charge is 0.207 e. The van der Waals surface area contributed by atoms with E-state index in [0.29, 0.717) is 0 Å². The van der Waals surface area contributed by atoms with E-state index in [2.05, 4.69) is 6.07 Å². The number of anilines is 1. The zero-order valence-electron chi connectivity index (χ0n) is 17.5. The van der Waals surface area contributed by atoms with Gasteiger partial charge in [0.2, 0.25) is 5.13 Å². The van der Waals surface area contributed by atoms with Crippen LogP contribution in [-0.2, 0) is 0 Å². The van der Waals surface area contributed by atoms with Crippen molar-refractivity contribution >= 4 is 33.5 Å². The standard InChI is InChI=1S/C24H20FN3O2S2/c1-29-17-9-10-22(30-2)18(12-17)20-14-32-24(26-20)28-21(15-5-7-16(25)8-6-15)13-19(27-28)23-4-3-11-31-23/h3-12,14,21H,13H2,1-2H3/t21-/m1/s1. The Labute approximate surface area is 193 Å². The Morgan fingerprint density at radius 1 is 1.03 bits per heavy atom. The van der Waals surface area contributed by atoms with Crippen molar-refractivity contribution in [3.05, 3.63) is 81.6 Å². The number of thiophene rings is 1. The summed E-state index contributed by atoms with van der Waals surface area (Å²) in [6.45, 7) is 0. The van der Waals surface area contributed by atoms with Crippen LogP contribution in [0, 0.1) is 5.82 Å². The highest BCUT2D eigenvalue weighted by Gasteiger charge is 2.32. The van der Waals surface area contributed by atoms with Crippen molar-refractivity contribution in [1.82, 2.24) is 4.98 Å². The first-order chi connectivity index (χ1) is 15.7. The zero-order valence-corrected chi connectivity index (χ0v) is 19.1. The van der Waals surface area contributed by atoms with Crippen molar-refractivity contribution in [2.24, 2.45) is 5.10 Å². The van der Waals surface area contributed by atoms with Gasteiger partial charge in [-0.1, -0.05) is 18.2 Å². The van der Waals surface area contributed by atoms with Gasteiger partial charge >= 0.3 is 0 Å². The Morgan fingerprint density at radius 2 is 1.88 bits per heavy atom. The Hall–Kier alpha value is -3.23. The lowest BCUT2D eigenvalue weighted by atomic mass is 10.0. The minimum absolute atomic E-state index is 0.0566. The number of halogens is 1. The van der Waals surface area contributed by atoms with E-state index in [4.69, 9.17) is 19.6 Å². The monoisotopic (exact) mass is 465 g/mol. The van der Waals surface area contributed by atoms with Crippen LogP contribution < -0.4 is 14.5 Å². The molecular formula is C24H20FN3O2S2. The highest BCUT2D eigenvalue weighted by atomic mass is 32.1. The molecular weight excluding hydrogens is 445 g/mol. The summed E-state index contributed by atoms with van der Waals surface area (Å²) in [7, 11) is 3.28. The summed E-state index contributed by atoms with van der Waals surface area (Å²) in [6.07, 6.45) is 0.726. The molecule has 0 N–H and O–H groups in total. The normalized spacial score (nSPS) is 15.7. The van der Waals surface area contributed by atoms with Gasteiger partial charge in [0, 0.05) is 17.4 Å². The fourth-order valence-corrected chi connectivity index (χ4v) is 5.28. The van der Waals surface area contributed by atoms with Gasteiger partial charge in [-0.05, 0) is 47.3 Å². The maximum Gasteiger partial charge on any atom is 0.207 e. The number of hydrogen-bond donors (Lipinski definition) is 0. The van der Waals surface area contributed by atoms with Gasteiger partial charge in [0.1, 0.15) is 17.3 Å². The van der Waals surface area contributed by atoms with Crippen LogP contribution in [0.4, 0.5) is 9.52 Å². The summed E-state index contributed by atoms with van der Waals surface area (Å²) in [5.41, 5.74) is 3.65. The third-order valence-electron chi connectivity index (χ3n) is 5.34. The third kappa shape index (κ3) is 3.87. The van der Waals surface area contributed by atoms with E-state index < -0.39 is 0 Å². The molecule has 0 radical (unpaired) electrons. The minimum Gasteiger partial charge on any atom is -0.497 e. The molecule has 5 nitrogen and oxygen atoms in total. The molecule has 0 spiro atoms. The molecule has 32 heavy (non-hydrogen) atoms. The molecule has 1 atom stereocenters. The molecule has 1 aliphatic rings. The van der Waals surface area contributed by atoms with E-state index in [1.54, 1.807) is 25.6 Å². The predicted octanol–water partition coefficient (Wildman–Crippen LogP) is 6.38. The van der Waals surface area contributed by atoms with Crippen molar-refractivity contribution in [3.63, 3.8) is 0 Å². The van der Waals surface area contributed by atoms with Gasteiger partial charge in [-0.15, -0.1) is 22.7 Å². The molecule has 0 saturated carbocycles. The second-order valence-electron chi connectivity index (χ2n) is 7.22. The highest BCUT2D eigenvalue weighted by molar-refractivity contribution is 7.14. The number of hydrazone groups is 1. The number of rotatable bonds is 6. The average molecular weight is 466 g/mol. The molecule has 0 unspecified atom stereocenters. The second kappa shape index (κ2) is 8.72. The van der Waals surface area contributed by atoms with Crippen LogP contribution in [0.5, 0.6) is 11.5 Å². The van der Waals surface area contributed by atoms with Gasteiger partial charge in [0.25, 0.3) is 0 Å². The highest BCUT2D eigenvalue weighted by Crippen LogP contribution is 2.41. The minimum atomic E-state index is -0.251. The molecule has 0 fully saturated rings. The van der Waals surface area contributed by atoms with E-state index in [9.17, 15) is 4.39 Å². The van der Waals surface area contributed by atoms with Gasteiger partial charge in [0.15, 0.2) is 0 Å². The predicted molar refractivity (Wildman–Crippen MR) is 128 cm³/mol. The maximum atomic E-state index is 13.5. The summed E-state index contributed by atoms with van der Waals surface area (Å²) >= 11 is 3.18. The van der Waals surface area contributed by atoms with Crippen molar-refractivity contribution in [2.75, 3.05) is 19.2 Å². The molecule has 0 bridgehead atoms. The number of methoxy groups -OCH3 is 2. The molecule has 162 valence electrons. The van der Waals surface area contributed by atoms with Crippen LogP contribution in [0.3, 0.4) is 0 Å². The number of aromatic nitrogens is 1. The van der Waals surface area contributed by atoms with Crippen LogP contribution >= 0.6 is 22.7 Å². The lowest BCUT2D eigenvalue weighted by molar-refractivity contribution is 0.404. The molecule has 2 aromatic heterocycles. The van der Waals surface area contributed by atoms with Crippen molar-refractivity contribution < 1.29 is 13.9 Å². The van der Waals surface area contributed by atoms with E-state index in [1.165, 1.54) is 23.5 Å². The fraction of sp³-hybridized carbons (Fsp3) is 0.167. The maximum absolute atomic E-state index is 13.5. The van der Waals surface area contributed by atoms with E-state index in [-0.39, 0.29) is 11.9 Å². The second-order valence-corrected chi connectivity index (χ2v) is 9.01. The SMILES string of the molecule is COc1ccc(OC)c(-c2csc(N3N=C(c4cccs4)C[C@@H]3c3ccc(F)cc3)n2)c1. The van der Waals surface area contributed by atoms with Crippen LogP contribution in [0.25, 0.3) is 11.3 Å². The van der Waals surface area contributed by atoms with Crippen molar-refractivity contribution in [3.8, 4) is 22.8 Å². The quantitative estimate of drug-likeness (QED) is 0.331. The third-order valence-corrected chi connectivity index (χ3v) is 7.09. The lowest BCUT2D eigenvalue weighted by Crippen LogP contribution is -2.18. The molecule has 0 aliphatic carbocycles. The molecule has 0 amide bonds. The van der Waals surface area contributed by atoms with Gasteiger partial charge in [0.05, 0.1) is 36.5 Å². The Balaban J connectivity index is 1.54. The van der Waals surface area contributed by atoms with Crippen LogP contribution in [0.15, 0.2) is 70.5 Å². The van der Waals surface area contributed by atoms with E-state index >= 15 is 0 Å².